The summed E-state index contributed by atoms with van der Waals surface area (Å²) in [6, 6.07) is 17.8. The van der Waals surface area contributed by atoms with Crippen molar-refractivity contribution in [2.45, 2.75) is 44.6 Å². The second kappa shape index (κ2) is 14.3. The zero-order chi connectivity index (χ0) is 30.2. The van der Waals surface area contributed by atoms with Gasteiger partial charge in [0, 0.05) is 5.69 Å². The van der Waals surface area contributed by atoms with Crippen LogP contribution < -0.4 is 10.0 Å². The Bertz CT molecular complexity index is 1540. The van der Waals surface area contributed by atoms with E-state index in [1.807, 2.05) is 80.8 Å². The van der Waals surface area contributed by atoms with Crippen LogP contribution in [0.1, 0.15) is 29.2 Å². The van der Waals surface area contributed by atoms with E-state index in [1.165, 1.54) is 32.2 Å². The highest BCUT2D eigenvalue weighted by Gasteiger charge is 2.29. The number of methoxy groups -OCH3 is 1. The van der Waals surface area contributed by atoms with Gasteiger partial charge in [0.25, 0.3) is 4.92 Å². The summed E-state index contributed by atoms with van der Waals surface area (Å²) in [5.74, 6) is -0.665. The fraction of sp³-hybridized carbons (Fsp3) is 0.300. The summed E-state index contributed by atoms with van der Waals surface area (Å²) in [5, 5.41) is 3.81. The fourth-order valence-corrected chi connectivity index (χ4v) is 6.64. The van der Waals surface area contributed by atoms with E-state index >= 15 is 0 Å². The lowest BCUT2D eigenvalue weighted by molar-refractivity contribution is -0.748. The molecule has 3 aromatic rings. The molecular formula is C30H36N3O6S2+. The number of anilines is 1. The third kappa shape index (κ3) is 8.42. The quantitative estimate of drug-likeness (QED) is 0.196. The average Bonchev–Trinajstić information content (AvgIpc) is 2.95. The Balaban J connectivity index is 1.82. The molecule has 2 N–H and O–H groups in total. The number of hydrogen-bond acceptors (Lipinski definition) is 8. The molecule has 0 fully saturated rings. The maximum Gasteiger partial charge on any atom is 0.324 e. The summed E-state index contributed by atoms with van der Waals surface area (Å²) in [6.07, 6.45) is 3.81. The lowest BCUT2D eigenvalue weighted by Gasteiger charge is -2.20. The number of hydrogen-bond donors (Lipinski definition) is 2. The largest absolute Gasteiger partial charge is 0.468 e. The van der Waals surface area contributed by atoms with Crippen LogP contribution in [0, 0.1) is 18.8 Å². The van der Waals surface area contributed by atoms with Gasteiger partial charge in [0.1, 0.15) is 11.1 Å². The predicted molar refractivity (Wildman–Crippen MR) is 163 cm³/mol. The number of esters is 1. The molecule has 1 atom stereocenters. The molecule has 0 bridgehead atoms. The van der Waals surface area contributed by atoms with Crippen molar-refractivity contribution >= 4 is 33.4 Å². The van der Waals surface area contributed by atoms with Crippen LogP contribution in [0.15, 0.2) is 76.8 Å². The van der Waals surface area contributed by atoms with Crippen molar-refractivity contribution < 1.29 is 27.7 Å². The topological polar surface area (TPSA) is 114 Å². The van der Waals surface area contributed by atoms with Gasteiger partial charge in [-0.2, -0.15) is 4.72 Å². The number of carbonyl (C=O) groups excluding carboxylic acids is 1. The van der Waals surface area contributed by atoms with Gasteiger partial charge in [0.05, 0.1) is 16.9 Å². The fourth-order valence-electron chi connectivity index (χ4n) is 4.52. The minimum atomic E-state index is -4.00. The minimum Gasteiger partial charge on any atom is -0.468 e. The lowest BCUT2D eigenvalue weighted by atomic mass is 10.0. The molecule has 0 aliphatic heterocycles. The maximum absolute atomic E-state index is 13.5. The highest BCUT2D eigenvalue weighted by Crippen LogP contribution is 2.27. The number of carbonyl (C=O) groups is 1. The first-order valence-electron chi connectivity index (χ1n) is 12.9. The minimum absolute atomic E-state index is 0.118. The van der Waals surface area contributed by atoms with Gasteiger partial charge in [0.15, 0.2) is 7.11 Å². The van der Waals surface area contributed by atoms with Gasteiger partial charge in [-0.05, 0) is 72.9 Å². The highest BCUT2D eigenvalue weighted by molar-refractivity contribution is 8.02. The number of nitrogens with zero attached hydrogens (tertiary/aromatic N) is 1. The van der Waals surface area contributed by atoms with E-state index in [2.05, 4.69) is 14.9 Å². The van der Waals surface area contributed by atoms with Gasteiger partial charge in [-0.15, -0.1) is 11.8 Å². The molecule has 0 aliphatic carbocycles. The van der Waals surface area contributed by atoms with Crippen LogP contribution in [0.5, 0.6) is 0 Å². The summed E-state index contributed by atoms with van der Waals surface area (Å²) in [4.78, 5) is 29.4. The molecule has 218 valence electrons. The van der Waals surface area contributed by atoms with Crippen LogP contribution in [-0.4, -0.2) is 45.8 Å². The van der Waals surface area contributed by atoms with Crippen LogP contribution in [0.2, 0.25) is 0 Å². The van der Waals surface area contributed by atoms with Gasteiger partial charge in [-0.25, -0.2) is 13.3 Å². The molecular weight excluding hydrogens is 562 g/mol. The van der Waals surface area contributed by atoms with Crippen LogP contribution in [0.3, 0.4) is 0 Å². The second-order valence-corrected chi connectivity index (χ2v) is 11.9. The zero-order valence-electron chi connectivity index (χ0n) is 24.1. The summed E-state index contributed by atoms with van der Waals surface area (Å²) in [5.41, 5.74) is 5.71. The smallest absolute Gasteiger partial charge is 0.324 e. The van der Waals surface area contributed by atoms with E-state index in [0.717, 1.165) is 27.9 Å². The van der Waals surface area contributed by atoms with E-state index in [9.17, 15) is 18.1 Å². The monoisotopic (exact) mass is 598 g/mol. The van der Waals surface area contributed by atoms with Gasteiger partial charge in [-0.1, -0.05) is 61.0 Å². The van der Waals surface area contributed by atoms with Crippen molar-refractivity contribution in [3.05, 3.63) is 99.1 Å². The predicted octanol–water partition coefficient (Wildman–Crippen LogP) is 5.51. The number of benzene rings is 3. The van der Waals surface area contributed by atoms with Gasteiger partial charge >= 0.3 is 12.2 Å². The zero-order valence-corrected chi connectivity index (χ0v) is 25.7. The van der Waals surface area contributed by atoms with E-state index in [0.29, 0.717) is 27.5 Å². The first kappa shape index (κ1) is 31.9. The van der Waals surface area contributed by atoms with Gasteiger partial charge < -0.3 is 10.1 Å². The Morgan fingerprint density at radius 1 is 1.05 bits per heavy atom. The third-order valence-corrected chi connectivity index (χ3v) is 8.77. The van der Waals surface area contributed by atoms with Crippen molar-refractivity contribution in [3.8, 4) is 11.1 Å². The number of ether oxygens (including phenoxy) is 1. The highest BCUT2D eigenvalue weighted by atomic mass is 32.2. The molecule has 9 nitrogen and oxygen atoms in total. The van der Waals surface area contributed by atoms with Crippen molar-refractivity contribution in [1.82, 2.24) is 4.72 Å². The lowest BCUT2D eigenvalue weighted by Crippen LogP contribution is -2.43. The molecule has 0 aliphatic rings. The standard InChI is InChI=1S/C30H36N3O6S2/c1-7-23-16-20(2)15-21(3)29(23)41(36,37)32-27(30(34)38-4)17-22-11-13-24(14-12-22)25-9-8-10-26(18-25)31-28(40-6)19-33(35)39-5/h8-16,18-19,27,31-32H,7,17H2,1-6H3/q+1/b28-19-. The first-order chi connectivity index (χ1) is 19.5. The van der Waals surface area contributed by atoms with Gasteiger partial charge in [0.2, 0.25) is 10.0 Å². The third-order valence-electron chi connectivity index (χ3n) is 6.41. The molecule has 0 spiro atoms. The van der Waals surface area contributed by atoms with E-state index < -0.39 is 22.0 Å². The van der Waals surface area contributed by atoms with Gasteiger partial charge in [-0.3, -0.25) is 4.79 Å². The summed E-state index contributed by atoms with van der Waals surface area (Å²) in [7, 11) is -1.46. The Labute approximate surface area is 245 Å². The van der Waals surface area contributed by atoms with Crippen LogP contribution >= 0.6 is 11.8 Å². The Morgan fingerprint density at radius 3 is 2.37 bits per heavy atom. The van der Waals surface area contributed by atoms with Crippen LogP contribution in [0.4, 0.5) is 5.69 Å². The first-order valence-corrected chi connectivity index (χ1v) is 15.6. The van der Waals surface area contributed by atoms with Crippen molar-refractivity contribution in [1.29, 1.82) is 0 Å². The van der Waals surface area contributed by atoms with Crippen LogP contribution in [0.25, 0.3) is 11.1 Å². The molecule has 0 saturated carbocycles. The number of thioether (sulfide) groups is 1. The summed E-state index contributed by atoms with van der Waals surface area (Å²) < 4.78 is 34.4. The molecule has 0 radical (unpaired) electrons. The number of rotatable bonds is 13. The molecule has 3 aromatic carbocycles. The number of aryl methyl sites for hydroxylation is 3. The Kier molecular flexibility index (Phi) is 11.1. The Hall–Kier alpha value is -3.67. The SMILES string of the molecule is CCc1cc(C)cc(C)c1S(=O)(=O)NC(Cc1ccc(-c2cccc(N/C(=C/[N+](=O)OC)SC)c2)cc1)C(=O)OC. The molecule has 3 rings (SSSR count). The van der Waals surface area contributed by atoms with E-state index in [4.69, 9.17) is 4.74 Å². The molecule has 1 unspecified atom stereocenters. The molecule has 0 amide bonds. The van der Waals surface area contributed by atoms with Crippen molar-refractivity contribution in [2.75, 3.05) is 25.8 Å². The summed E-state index contributed by atoms with van der Waals surface area (Å²) >= 11 is 1.37. The van der Waals surface area contributed by atoms with Crippen LogP contribution in [-0.2, 0) is 37.2 Å². The molecule has 11 heteroatoms. The van der Waals surface area contributed by atoms with E-state index in [1.54, 1.807) is 6.92 Å². The van der Waals surface area contributed by atoms with Crippen molar-refractivity contribution in [3.63, 3.8) is 0 Å². The second-order valence-electron chi connectivity index (χ2n) is 9.39. The number of sulfonamides is 1. The average molecular weight is 599 g/mol. The number of nitrogens with one attached hydrogen (secondary N) is 2. The summed E-state index contributed by atoms with van der Waals surface area (Å²) in [6.45, 7) is 5.58. The Morgan fingerprint density at radius 2 is 1.76 bits per heavy atom. The molecule has 0 heterocycles. The van der Waals surface area contributed by atoms with E-state index in [-0.39, 0.29) is 11.3 Å². The normalized spacial score (nSPS) is 12.5. The van der Waals surface area contributed by atoms with Crippen molar-refractivity contribution in [2.24, 2.45) is 0 Å². The maximum atomic E-state index is 13.5. The molecule has 0 saturated heterocycles. The molecule has 0 aromatic heterocycles. The molecule has 41 heavy (non-hydrogen) atoms.